The van der Waals surface area contributed by atoms with Gasteiger partial charge in [-0.3, -0.25) is 9.36 Å². The quantitative estimate of drug-likeness (QED) is 0.357. The average Bonchev–Trinajstić information content (AvgIpc) is 3.38. The molecule has 5 rings (SSSR count). The van der Waals surface area contributed by atoms with Crippen molar-refractivity contribution in [2.75, 3.05) is 13.7 Å². The number of carbonyl (C=O) groups excluding carboxylic acids is 1. The van der Waals surface area contributed by atoms with Crippen LogP contribution < -0.4 is 19.6 Å². The summed E-state index contributed by atoms with van der Waals surface area (Å²) in [5, 5.41) is 4.71. The number of benzene rings is 2. The first-order valence-corrected chi connectivity index (χ1v) is 13.1. The number of thiazole rings is 1. The van der Waals surface area contributed by atoms with Crippen molar-refractivity contribution in [3.05, 3.63) is 108 Å². The first kappa shape index (κ1) is 25.4. The second-order valence-corrected chi connectivity index (χ2v) is 9.92. The largest absolute Gasteiger partial charge is 0.497 e. The van der Waals surface area contributed by atoms with Gasteiger partial charge in [0.2, 0.25) is 0 Å². The van der Waals surface area contributed by atoms with Crippen molar-refractivity contribution < 1.29 is 14.3 Å². The molecule has 0 spiro atoms. The van der Waals surface area contributed by atoms with Crippen LogP contribution in [0.5, 0.6) is 5.75 Å². The highest BCUT2D eigenvalue weighted by Crippen LogP contribution is 2.31. The van der Waals surface area contributed by atoms with E-state index in [-0.39, 0.29) is 12.2 Å². The number of carbonyl (C=O) groups is 1. The third kappa shape index (κ3) is 4.39. The van der Waals surface area contributed by atoms with E-state index in [4.69, 9.17) is 14.6 Å². The molecular formula is C29H28N4O4S. The molecule has 0 amide bonds. The molecule has 0 aliphatic carbocycles. The van der Waals surface area contributed by atoms with Crippen molar-refractivity contribution in [1.29, 1.82) is 0 Å². The summed E-state index contributed by atoms with van der Waals surface area (Å²) in [6.07, 6.45) is 1.87. The molecule has 1 aliphatic heterocycles. The van der Waals surface area contributed by atoms with Gasteiger partial charge in [0.15, 0.2) is 4.80 Å². The maximum Gasteiger partial charge on any atom is 0.338 e. The van der Waals surface area contributed by atoms with E-state index in [1.165, 1.54) is 11.3 Å². The standard InChI is InChI=1S/C29H28N4O4S/c1-6-37-28(35)25-18(3)30-29-32(26(25)20-12-14-22(36-5)15-13-20)27(34)24(38-29)16-23-17(2)31-33(19(23)4)21-10-8-7-9-11-21/h7-16,26H,6H2,1-5H3. The Balaban J connectivity index is 1.70. The number of fused-ring (bicyclic) bond motifs is 1. The topological polar surface area (TPSA) is 87.7 Å². The number of methoxy groups -OCH3 is 1. The van der Waals surface area contributed by atoms with Gasteiger partial charge in [-0.25, -0.2) is 14.5 Å². The maximum absolute atomic E-state index is 13.9. The molecule has 1 atom stereocenters. The minimum Gasteiger partial charge on any atom is -0.497 e. The summed E-state index contributed by atoms with van der Waals surface area (Å²) in [7, 11) is 1.59. The Bertz CT molecular complexity index is 1730. The number of nitrogens with zero attached hydrogens (tertiary/aromatic N) is 4. The SMILES string of the molecule is CCOC(=O)C1=C(C)N=c2sc(=Cc3c(C)nn(-c4ccccc4)c3C)c(=O)n2C1c1ccc(OC)cc1. The Morgan fingerprint density at radius 3 is 2.45 bits per heavy atom. The molecule has 0 bridgehead atoms. The number of hydrogen-bond acceptors (Lipinski definition) is 7. The molecule has 1 unspecified atom stereocenters. The Morgan fingerprint density at radius 2 is 1.79 bits per heavy atom. The molecule has 4 aromatic rings. The molecule has 1 aliphatic rings. The van der Waals surface area contributed by atoms with Gasteiger partial charge in [0, 0.05) is 11.3 Å². The average molecular weight is 529 g/mol. The van der Waals surface area contributed by atoms with Crippen molar-refractivity contribution in [3.63, 3.8) is 0 Å². The summed E-state index contributed by atoms with van der Waals surface area (Å²) in [6.45, 7) is 7.67. The number of esters is 1. The lowest BCUT2D eigenvalue weighted by atomic mass is 9.96. The highest BCUT2D eigenvalue weighted by molar-refractivity contribution is 7.07. The van der Waals surface area contributed by atoms with Gasteiger partial charge < -0.3 is 9.47 Å². The van der Waals surface area contributed by atoms with E-state index in [0.717, 1.165) is 28.2 Å². The molecule has 8 nitrogen and oxygen atoms in total. The van der Waals surface area contributed by atoms with Crippen molar-refractivity contribution in [2.45, 2.75) is 33.7 Å². The fraction of sp³-hybridized carbons (Fsp3) is 0.241. The Labute approximate surface area is 223 Å². The Hall–Kier alpha value is -4.24. The number of ether oxygens (including phenoxy) is 2. The normalized spacial score (nSPS) is 15.3. The number of aryl methyl sites for hydroxylation is 1. The highest BCUT2D eigenvalue weighted by Gasteiger charge is 2.33. The third-order valence-electron chi connectivity index (χ3n) is 6.57. The van der Waals surface area contributed by atoms with E-state index < -0.39 is 12.0 Å². The predicted octanol–water partition coefficient (Wildman–Crippen LogP) is 3.61. The van der Waals surface area contributed by atoms with Crippen LogP contribution in [0.25, 0.3) is 11.8 Å². The van der Waals surface area contributed by atoms with Crippen LogP contribution in [-0.2, 0) is 9.53 Å². The molecule has 0 saturated carbocycles. The predicted molar refractivity (Wildman–Crippen MR) is 146 cm³/mol. The molecular weight excluding hydrogens is 500 g/mol. The van der Waals surface area contributed by atoms with Crippen molar-refractivity contribution >= 4 is 23.4 Å². The van der Waals surface area contributed by atoms with Crippen LogP contribution in [0.15, 0.2) is 75.7 Å². The first-order chi connectivity index (χ1) is 18.3. The zero-order chi connectivity index (χ0) is 27.0. The summed E-state index contributed by atoms with van der Waals surface area (Å²) >= 11 is 1.30. The van der Waals surface area contributed by atoms with Crippen LogP contribution in [-0.4, -0.2) is 34.0 Å². The summed E-state index contributed by atoms with van der Waals surface area (Å²) in [5.41, 5.74) is 4.98. The number of aromatic nitrogens is 3. The van der Waals surface area contributed by atoms with Gasteiger partial charge in [0.1, 0.15) is 5.75 Å². The fourth-order valence-corrected chi connectivity index (χ4v) is 5.74. The minimum absolute atomic E-state index is 0.222. The fourth-order valence-electron chi connectivity index (χ4n) is 4.71. The highest BCUT2D eigenvalue weighted by atomic mass is 32.1. The van der Waals surface area contributed by atoms with Gasteiger partial charge in [-0.05, 0) is 63.6 Å². The van der Waals surface area contributed by atoms with Crippen molar-refractivity contribution in [2.24, 2.45) is 4.99 Å². The Morgan fingerprint density at radius 1 is 1.08 bits per heavy atom. The van der Waals surface area contributed by atoms with Crippen LogP contribution in [0, 0.1) is 13.8 Å². The van der Waals surface area contributed by atoms with Gasteiger partial charge in [0.05, 0.1) is 46.9 Å². The van der Waals surface area contributed by atoms with Gasteiger partial charge in [-0.2, -0.15) is 5.10 Å². The summed E-state index contributed by atoms with van der Waals surface area (Å²) < 4.78 is 14.7. The lowest BCUT2D eigenvalue weighted by molar-refractivity contribution is -0.139. The lowest BCUT2D eigenvalue weighted by Crippen LogP contribution is -2.39. The summed E-state index contributed by atoms with van der Waals surface area (Å²) in [4.78, 5) is 32.2. The Kier molecular flexibility index (Phi) is 6.86. The van der Waals surface area contributed by atoms with Crippen molar-refractivity contribution in [3.8, 4) is 11.4 Å². The van der Waals surface area contributed by atoms with Crippen LogP contribution >= 0.6 is 11.3 Å². The van der Waals surface area contributed by atoms with Gasteiger partial charge in [-0.1, -0.05) is 41.7 Å². The molecule has 0 radical (unpaired) electrons. The number of allylic oxidation sites excluding steroid dienone is 1. The number of rotatable bonds is 6. The van der Waals surface area contributed by atoms with E-state index >= 15 is 0 Å². The molecule has 2 aromatic heterocycles. The zero-order valence-corrected chi connectivity index (χ0v) is 22.7. The van der Waals surface area contributed by atoms with Gasteiger partial charge in [0.25, 0.3) is 5.56 Å². The van der Waals surface area contributed by atoms with E-state index in [1.807, 2.05) is 79.2 Å². The summed E-state index contributed by atoms with van der Waals surface area (Å²) in [6, 6.07) is 16.5. The van der Waals surface area contributed by atoms with Crippen LogP contribution in [0.4, 0.5) is 0 Å². The van der Waals surface area contributed by atoms with E-state index in [1.54, 1.807) is 25.5 Å². The summed E-state index contributed by atoms with van der Waals surface area (Å²) in [5.74, 6) is 0.195. The van der Waals surface area contributed by atoms with Crippen molar-refractivity contribution in [1.82, 2.24) is 14.3 Å². The van der Waals surface area contributed by atoms with Crippen LogP contribution in [0.2, 0.25) is 0 Å². The number of hydrogen-bond donors (Lipinski definition) is 0. The molecule has 3 heterocycles. The molecule has 9 heteroatoms. The minimum atomic E-state index is -0.674. The van der Waals surface area contributed by atoms with E-state index in [2.05, 4.69) is 4.99 Å². The zero-order valence-electron chi connectivity index (χ0n) is 21.9. The van der Waals surface area contributed by atoms with E-state index in [0.29, 0.717) is 26.4 Å². The van der Waals surface area contributed by atoms with Gasteiger partial charge >= 0.3 is 5.97 Å². The van der Waals surface area contributed by atoms with Gasteiger partial charge in [-0.15, -0.1) is 0 Å². The molecule has 0 saturated heterocycles. The monoisotopic (exact) mass is 528 g/mol. The van der Waals surface area contributed by atoms with E-state index in [9.17, 15) is 9.59 Å². The molecule has 0 fully saturated rings. The first-order valence-electron chi connectivity index (χ1n) is 12.3. The van der Waals surface area contributed by atoms with Crippen LogP contribution in [0.3, 0.4) is 0 Å². The molecule has 2 aromatic carbocycles. The third-order valence-corrected chi connectivity index (χ3v) is 7.55. The van der Waals surface area contributed by atoms with Crippen LogP contribution in [0.1, 0.15) is 42.4 Å². The smallest absolute Gasteiger partial charge is 0.338 e. The maximum atomic E-state index is 13.9. The second-order valence-electron chi connectivity index (χ2n) is 8.91. The molecule has 194 valence electrons. The molecule has 0 N–H and O–H groups in total. The molecule has 38 heavy (non-hydrogen) atoms. The number of para-hydroxylation sites is 1. The lowest BCUT2D eigenvalue weighted by Gasteiger charge is -2.24. The second kappa shape index (κ2) is 10.3.